The number of aliphatic carboxylic acids is 1. The Balaban J connectivity index is 1.80. The molecule has 138 valence electrons. The third-order valence-corrected chi connectivity index (χ3v) is 4.63. The van der Waals surface area contributed by atoms with Crippen LogP contribution in [0.3, 0.4) is 0 Å². The quantitative estimate of drug-likeness (QED) is 0.860. The second kappa shape index (κ2) is 8.67. The number of hydrogen-bond donors (Lipinski definition) is 1. The van der Waals surface area contributed by atoms with E-state index in [0.717, 1.165) is 26.1 Å². The number of carbonyl (C=O) groups is 1. The molecule has 6 heteroatoms. The predicted molar refractivity (Wildman–Crippen MR) is 101 cm³/mol. The first kappa shape index (κ1) is 18.2. The van der Waals surface area contributed by atoms with E-state index in [1.807, 2.05) is 30.0 Å². The van der Waals surface area contributed by atoms with Crippen molar-refractivity contribution in [1.82, 2.24) is 9.88 Å². The van der Waals surface area contributed by atoms with Crippen LogP contribution < -0.4 is 9.64 Å². The maximum atomic E-state index is 12.1. The van der Waals surface area contributed by atoms with Gasteiger partial charge in [-0.1, -0.05) is 18.2 Å². The Bertz CT molecular complexity index is 723. The number of hydrogen-bond acceptors (Lipinski definition) is 5. The molecule has 6 nitrogen and oxygen atoms in total. The number of rotatable bonds is 6. The summed E-state index contributed by atoms with van der Waals surface area (Å²) in [6, 6.07) is 13.1. The lowest BCUT2D eigenvalue weighted by Gasteiger charge is -2.28. The Hall–Kier alpha value is -2.60. The zero-order chi connectivity index (χ0) is 18.4. The molecular formula is C20H25N3O3. The van der Waals surface area contributed by atoms with Crippen LogP contribution in [0.5, 0.6) is 5.88 Å². The van der Waals surface area contributed by atoms with E-state index >= 15 is 0 Å². The van der Waals surface area contributed by atoms with Gasteiger partial charge in [0.25, 0.3) is 0 Å². The topological polar surface area (TPSA) is 65.9 Å². The van der Waals surface area contributed by atoms with Crippen LogP contribution in [0.2, 0.25) is 0 Å². The van der Waals surface area contributed by atoms with Gasteiger partial charge in [0.1, 0.15) is 6.04 Å². The highest BCUT2D eigenvalue weighted by Gasteiger charge is 2.31. The third-order valence-electron chi connectivity index (χ3n) is 4.63. The minimum absolute atomic E-state index is 0.409. The number of carboxylic acid groups (broad SMARTS) is 1. The molecule has 0 amide bonds. The summed E-state index contributed by atoms with van der Waals surface area (Å²) in [6.07, 6.45) is 2.54. The Morgan fingerprint density at radius 1 is 1.15 bits per heavy atom. The molecule has 1 unspecified atom stereocenters. The van der Waals surface area contributed by atoms with Gasteiger partial charge in [-0.15, -0.1) is 0 Å². The molecule has 0 saturated carbocycles. The van der Waals surface area contributed by atoms with E-state index in [1.54, 1.807) is 18.3 Å². The number of aromatic nitrogens is 1. The van der Waals surface area contributed by atoms with Gasteiger partial charge in [0.15, 0.2) is 0 Å². The Morgan fingerprint density at radius 3 is 2.69 bits per heavy atom. The summed E-state index contributed by atoms with van der Waals surface area (Å²) >= 11 is 0. The number of anilines is 1. The van der Waals surface area contributed by atoms with Crippen molar-refractivity contribution in [2.24, 2.45) is 0 Å². The van der Waals surface area contributed by atoms with E-state index in [9.17, 15) is 9.90 Å². The summed E-state index contributed by atoms with van der Waals surface area (Å²) < 4.78 is 5.57. The molecule has 2 heterocycles. The molecule has 1 atom stereocenters. The lowest BCUT2D eigenvalue weighted by molar-refractivity contribution is -0.143. The van der Waals surface area contributed by atoms with Crippen molar-refractivity contribution in [2.45, 2.75) is 19.4 Å². The van der Waals surface area contributed by atoms with E-state index < -0.39 is 12.0 Å². The Labute approximate surface area is 154 Å². The van der Waals surface area contributed by atoms with Gasteiger partial charge in [-0.05, 0) is 37.6 Å². The molecule has 1 N–H and O–H groups in total. The van der Waals surface area contributed by atoms with Crippen LogP contribution >= 0.6 is 0 Å². The fraction of sp³-hybridized carbons (Fsp3) is 0.400. The van der Waals surface area contributed by atoms with Crippen molar-refractivity contribution in [3.05, 3.63) is 54.2 Å². The van der Waals surface area contributed by atoms with Gasteiger partial charge in [-0.25, -0.2) is 4.98 Å². The average Bonchev–Trinajstić information content (AvgIpc) is 2.90. The van der Waals surface area contributed by atoms with Crippen LogP contribution in [0.4, 0.5) is 5.69 Å². The maximum Gasteiger partial charge on any atom is 0.325 e. The first-order chi connectivity index (χ1) is 12.7. The van der Waals surface area contributed by atoms with E-state index in [2.05, 4.69) is 22.0 Å². The molecule has 1 aliphatic rings. The molecule has 1 aromatic carbocycles. The summed E-state index contributed by atoms with van der Waals surface area (Å²) in [5, 5.41) is 9.91. The van der Waals surface area contributed by atoms with Crippen molar-refractivity contribution in [1.29, 1.82) is 0 Å². The molecule has 1 aliphatic heterocycles. The smallest absolute Gasteiger partial charge is 0.325 e. The van der Waals surface area contributed by atoms with Crippen molar-refractivity contribution in [3.8, 4) is 5.88 Å². The predicted octanol–water partition coefficient (Wildman–Crippen LogP) is 2.82. The maximum absolute atomic E-state index is 12.1. The largest absolute Gasteiger partial charge is 0.480 e. The number of benzene rings is 1. The second-order valence-corrected chi connectivity index (χ2v) is 6.28. The van der Waals surface area contributed by atoms with Gasteiger partial charge in [-0.3, -0.25) is 9.69 Å². The zero-order valence-electron chi connectivity index (χ0n) is 15.0. The van der Waals surface area contributed by atoms with Crippen LogP contribution in [-0.2, 0) is 4.79 Å². The van der Waals surface area contributed by atoms with Crippen LogP contribution in [-0.4, -0.2) is 53.7 Å². The Kier molecular flexibility index (Phi) is 6.07. The van der Waals surface area contributed by atoms with E-state index in [4.69, 9.17) is 4.74 Å². The fourth-order valence-electron chi connectivity index (χ4n) is 3.45. The fourth-order valence-corrected chi connectivity index (χ4v) is 3.45. The van der Waals surface area contributed by atoms with Crippen LogP contribution in [0.25, 0.3) is 0 Å². The van der Waals surface area contributed by atoms with Crippen molar-refractivity contribution >= 4 is 11.7 Å². The van der Waals surface area contributed by atoms with Crippen LogP contribution in [0.15, 0.2) is 48.7 Å². The summed E-state index contributed by atoms with van der Waals surface area (Å²) in [4.78, 5) is 20.6. The lowest BCUT2D eigenvalue weighted by atomic mass is 10.1. The average molecular weight is 355 g/mol. The minimum Gasteiger partial charge on any atom is -0.480 e. The molecule has 3 rings (SSSR count). The molecule has 0 spiro atoms. The van der Waals surface area contributed by atoms with Gasteiger partial charge in [0.05, 0.1) is 6.61 Å². The lowest BCUT2D eigenvalue weighted by Crippen LogP contribution is -2.37. The monoisotopic (exact) mass is 355 g/mol. The van der Waals surface area contributed by atoms with Gasteiger partial charge in [0.2, 0.25) is 5.88 Å². The van der Waals surface area contributed by atoms with Gasteiger partial charge in [-0.2, -0.15) is 0 Å². The van der Waals surface area contributed by atoms with Crippen LogP contribution in [0, 0.1) is 0 Å². The highest BCUT2D eigenvalue weighted by Crippen LogP contribution is 2.29. The zero-order valence-corrected chi connectivity index (χ0v) is 15.0. The highest BCUT2D eigenvalue weighted by molar-refractivity contribution is 5.76. The molecule has 0 aliphatic carbocycles. The molecule has 2 aromatic rings. The summed E-state index contributed by atoms with van der Waals surface area (Å²) in [5.41, 5.74) is 1.80. The van der Waals surface area contributed by atoms with Crippen molar-refractivity contribution in [2.75, 3.05) is 37.7 Å². The summed E-state index contributed by atoms with van der Waals surface area (Å²) in [5.74, 6) is -0.460. The third kappa shape index (κ3) is 4.14. The normalized spacial score (nSPS) is 16.7. The molecule has 0 bridgehead atoms. The van der Waals surface area contributed by atoms with E-state index in [-0.39, 0.29) is 0 Å². The Morgan fingerprint density at radius 2 is 1.96 bits per heavy atom. The highest BCUT2D eigenvalue weighted by atomic mass is 16.5. The number of nitrogens with zero attached hydrogens (tertiary/aromatic N) is 3. The van der Waals surface area contributed by atoms with Gasteiger partial charge in [0, 0.05) is 43.6 Å². The SMILES string of the molecule is CCOc1ncccc1C(C(=O)O)N1CCCN(c2ccccc2)CC1. The number of pyridine rings is 1. The van der Waals surface area contributed by atoms with Gasteiger partial charge < -0.3 is 14.7 Å². The summed E-state index contributed by atoms with van der Waals surface area (Å²) in [6.45, 7) is 5.43. The molecule has 1 fully saturated rings. The minimum atomic E-state index is -0.868. The van der Waals surface area contributed by atoms with Crippen LogP contribution in [0.1, 0.15) is 24.9 Å². The first-order valence-corrected chi connectivity index (χ1v) is 9.05. The van der Waals surface area contributed by atoms with E-state index in [1.165, 1.54) is 5.69 Å². The standard InChI is InChI=1S/C20H25N3O3/c1-2-26-19-17(10-6-11-21-19)18(20(24)25)23-13-7-12-22(14-15-23)16-8-4-3-5-9-16/h3-6,8-11,18H,2,7,12-15H2,1H3,(H,24,25). The number of carboxylic acids is 1. The molecule has 0 radical (unpaired) electrons. The molecule has 1 aromatic heterocycles. The van der Waals surface area contributed by atoms with Gasteiger partial charge >= 0.3 is 5.97 Å². The molecular weight excluding hydrogens is 330 g/mol. The first-order valence-electron chi connectivity index (χ1n) is 9.05. The summed E-state index contributed by atoms with van der Waals surface area (Å²) in [7, 11) is 0. The molecule has 26 heavy (non-hydrogen) atoms. The second-order valence-electron chi connectivity index (χ2n) is 6.28. The molecule has 1 saturated heterocycles. The van der Waals surface area contributed by atoms with Crippen molar-refractivity contribution in [3.63, 3.8) is 0 Å². The van der Waals surface area contributed by atoms with Crippen molar-refractivity contribution < 1.29 is 14.6 Å². The van der Waals surface area contributed by atoms with E-state index in [0.29, 0.717) is 24.6 Å². The number of ether oxygens (including phenoxy) is 1. The number of para-hydroxylation sites is 1.